The first-order chi connectivity index (χ1) is 13.3. The number of hydrogen-bond donors (Lipinski definition) is 0. The number of nitrogens with zero attached hydrogens (tertiary/aromatic N) is 5. The molecule has 1 unspecified atom stereocenters. The number of rotatable bonds is 4. The fourth-order valence-electron chi connectivity index (χ4n) is 3.66. The van der Waals surface area contributed by atoms with Crippen molar-refractivity contribution in [2.45, 2.75) is 45.1 Å². The molecule has 3 aromatic rings. The van der Waals surface area contributed by atoms with Crippen LogP contribution in [-0.4, -0.2) is 37.3 Å². The van der Waals surface area contributed by atoms with Gasteiger partial charge < -0.3 is 4.52 Å². The number of aromatic nitrogens is 4. The van der Waals surface area contributed by atoms with Crippen molar-refractivity contribution in [2.24, 2.45) is 0 Å². The summed E-state index contributed by atoms with van der Waals surface area (Å²) in [5.74, 6) is 0.994. The SMILES string of the molecule is Cc1noc(CN2CCCC2c2nc3ccccc3c(=O)n2CC(F)(F)F)n1. The summed E-state index contributed by atoms with van der Waals surface area (Å²) in [6.07, 6.45) is -3.17. The minimum Gasteiger partial charge on any atom is -0.338 e. The van der Waals surface area contributed by atoms with E-state index in [0.717, 1.165) is 11.0 Å². The van der Waals surface area contributed by atoms with Crippen LogP contribution in [-0.2, 0) is 13.1 Å². The zero-order chi connectivity index (χ0) is 19.9. The van der Waals surface area contributed by atoms with Crippen molar-refractivity contribution in [3.8, 4) is 0 Å². The molecule has 0 amide bonds. The van der Waals surface area contributed by atoms with Gasteiger partial charge in [-0.05, 0) is 38.4 Å². The lowest BCUT2D eigenvalue weighted by Crippen LogP contribution is -2.35. The first-order valence-electron chi connectivity index (χ1n) is 8.91. The van der Waals surface area contributed by atoms with Crippen LogP contribution in [0.2, 0.25) is 0 Å². The average Bonchev–Trinajstić information content (AvgIpc) is 3.25. The van der Waals surface area contributed by atoms with Crippen LogP contribution in [0.5, 0.6) is 0 Å². The van der Waals surface area contributed by atoms with E-state index in [-0.39, 0.29) is 11.2 Å². The van der Waals surface area contributed by atoms with Crippen LogP contribution in [0.4, 0.5) is 13.2 Å². The molecule has 1 aromatic carbocycles. The zero-order valence-corrected chi connectivity index (χ0v) is 15.1. The Labute approximate surface area is 157 Å². The highest BCUT2D eigenvalue weighted by atomic mass is 19.4. The van der Waals surface area contributed by atoms with E-state index in [1.807, 2.05) is 4.90 Å². The second-order valence-electron chi connectivity index (χ2n) is 6.86. The molecule has 10 heteroatoms. The van der Waals surface area contributed by atoms with Crippen LogP contribution in [0, 0.1) is 6.92 Å². The standard InChI is InChI=1S/C18H18F3N5O2/c1-11-22-15(28-24-11)9-25-8-4-7-14(25)16-23-13-6-3-2-5-12(13)17(27)26(16)10-18(19,20)21/h2-3,5-6,14H,4,7-10H2,1H3. The fourth-order valence-corrected chi connectivity index (χ4v) is 3.66. The lowest BCUT2D eigenvalue weighted by Gasteiger charge is -2.25. The second kappa shape index (κ2) is 7.01. The Hall–Kier alpha value is -2.75. The summed E-state index contributed by atoms with van der Waals surface area (Å²) in [5.41, 5.74) is -0.292. The number of para-hydroxylation sites is 1. The van der Waals surface area contributed by atoms with E-state index in [4.69, 9.17) is 4.52 Å². The van der Waals surface area contributed by atoms with Gasteiger partial charge in [0.25, 0.3) is 5.56 Å². The van der Waals surface area contributed by atoms with Gasteiger partial charge in [0.15, 0.2) is 5.82 Å². The summed E-state index contributed by atoms with van der Waals surface area (Å²) < 4.78 is 45.5. The van der Waals surface area contributed by atoms with Crippen LogP contribution in [0.1, 0.15) is 36.4 Å². The number of aryl methyl sites for hydroxylation is 1. The molecule has 0 radical (unpaired) electrons. The third-order valence-corrected chi connectivity index (χ3v) is 4.80. The molecule has 0 bridgehead atoms. The van der Waals surface area contributed by atoms with Crippen LogP contribution < -0.4 is 5.56 Å². The second-order valence-corrected chi connectivity index (χ2v) is 6.86. The molecule has 0 spiro atoms. The Balaban J connectivity index is 1.79. The zero-order valence-electron chi connectivity index (χ0n) is 15.1. The van der Waals surface area contributed by atoms with Crippen LogP contribution in [0.15, 0.2) is 33.6 Å². The molecule has 1 atom stereocenters. The van der Waals surface area contributed by atoms with E-state index in [1.54, 1.807) is 25.1 Å². The Bertz CT molecular complexity index is 1060. The third kappa shape index (κ3) is 3.64. The maximum absolute atomic E-state index is 13.2. The van der Waals surface area contributed by atoms with Gasteiger partial charge in [0.1, 0.15) is 12.4 Å². The summed E-state index contributed by atoms with van der Waals surface area (Å²) in [5, 5.41) is 3.92. The van der Waals surface area contributed by atoms with Gasteiger partial charge in [-0.25, -0.2) is 4.98 Å². The smallest absolute Gasteiger partial charge is 0.338 e. The van der Waals surface area contributed by atoms with Gasteiger partial charge >= 0.3 is 6.18 Å². The molecule has 4 rings (SSSR count). The molecule has 1 aliphatic heterocycles. The lowest BCUT2D eigenvalue weighted by molar-refractivity contribution is -0.142. The Morgan fingerprint density at radius 1 is 1.25 bits per heavy atom. The number of halogens is 3. The predicted octanol–water partition coefficient (Wildman–Crippen LogP) is 2.99. The maximum Gasteiger partial charge on any atom is 0.406 e. The molecule has 0 saturated carbocycles. The van der Waals surface area contributed by atoms with E-state index in [2.05, 4.69) is 15.1 Å². The quantitative estimate of drug-likeness (QED) is 0.678. The predicted molar refractivity (Wildman–Crippen MR) is 93.5 cm³/mol. The molecule has 0 N–H and O–H groups in total. The summed E-state index contributed by atoms with van der Waals surface area (Å²) >= 11 is 0. The van der Waals surface area contributed by atoms with Crippen LogP contribution in [0.3, 0.4) is 0 Å². The van der Waals surface area contributed by atoms with E-state index < -0.39 is 24.3 Å². The van der Waals surface area contributed by atoms with Crippen molar-refractivity contribution < 1.29 is 17.7 Å². The van der Waals surface area contributed by atoms with E-state index in [0.29, 0.717) is 36.7 Å². The monoisotopic (exact) mass is 393 g/mol. The van der Waals surface area contributed by atoms with Crippen molar-refractivity contribution in [2.75, 3.05) is 6.54 Å². The number of benzene rings is 1. The maximum atomic E-state index is 13.2. The highest BCUT2D eigenvalue weighted by molar-refractivity contribution is 5.77. The Morgan fingerprint density at radius 2 is 2.04 bits per heavy atom. The summed E-state index contributed by atoms with van der Waals surface area (Å²) in [6, 6.07) is 6.02. The highest BCUT2D eigenvalue weighted by Gasteiger charge is 2.35. The van der Waals surface area contributed by atoms with Gasteiger partial charge in [0.05, 0.1) is 23.5 Å². The minimum absolute atomic E-state index is 0.120. The minimum atomic E-state index is -4.53. The van der Waals surface area contributed by atoms with Crippen LogP contribution in [0.25, 0.3) is 10.9 Å². The number of fused-ring (bicyclic) bond motifs is 1. The van der Waals surface area contributed by atoms with Gasteiger partial charge in [0, 0.05) is 0 Å². The molecular weight excluding hydrogens is 375 g/mol. The average molecular weight is 393 g/mol. The molecule has 28 heavy (non-hydrogen) atoms. The fraction of sp³-hybridized carbons (Fsp3) is 0.444. The Kier molecular flexibility index (Phi) is 4.66. The summed E-state index contributed by atoms with van der Waals surface area (Å²) in [6.45, 7) is 1.25. The van der Waals surface area contributed by atoms with Crippen molar-refractivity contribution in [3.05, 3.63) is 52.2 Å². The molecule has 0 aliphatic carbocycles. The number of likely N-dealkylation sites (tertiary alicyclic amines) is 1. The third-order valence-electron chi connectivity index (χ3n) is 4.80. The molecule has 7 nitrogen and oxygen atoms in total. The van der Waals surface area contributed by atoms with E-state index >= 15 is 0 Å². The van der Waals surface area contributed by atoms with E-state index in [9.17, 15) is 18.0 Å². The molecule has 1 aliphatic rings. The topological polar surface area (TPSA) is 77.0 Å². The molecule has 1 fully saturated rings. The van der Waals surface area contributed by atoms with Gasteiger partial charge in [-0.1, -0.05) is 17.3 Å². The first kappa shape index (κ1) is 18.6. The molecule has 1 saturated heterocycles. The largest absolute Gasteiger partial charge is 0.406 e. The lowest BCUT2D eigenvalue weighted by atomic mass is 10.1. The number of alkyl halides is 3. The number of hydrogen-bond acceptors (Lipinski definition) is 6. The van der Waals surface area contributed by atoms with Gasteiger partial charge in [-0.2, -0.15) is 18.2 Å². The molecular formula is C18H18F3N5O2. The van der Waals surface area contributed by atoms with Crippen molar-refractivity contribution in [1.29, 1.82) is 0 Å². The molecule has 2 aromatic heterocycles. The summed E-state index contributed by atoms with van der Waals surface area (Å²) in [7, 11) is 0. The Morgan fingerprint density at radius 3 is 2.75 bits per heavy atom. The first-order valence-corrected chi connectivity index (χ1v) is 8.91. The van der Waals surface area contributed by atoms with Gasteiger partial charge in [0.2, 0.25) is 5.89 Å². The van der Waals surface area contributed by atoms with E-state index in [1.165, 1.54) is 6.07 Å². The van der Waals surface area contributed by atoms with Crippen molar-refractivity contribution in [1.82, 2.24) is 24.6 Å². The van der Waals surface area contributed by atoms with Crippen molar-refractivity contribution >= 4 is 10.9 Å². The highest BCUT2D eigenvalue weighted by Crippen LogP contribution is 2.33. The van der Waals surface area contributed by atoms with Crippen LogP contribution >= 0.6 is 0 Å². The molecule has 148 valence electrons. The van der Waals surface area contributed by atoms with Gasteiger partial charge in [-0.3, -0.25) is 14.3 Å². The molecule has 3 heterocycles. The van der Waals surface area contributed by atoms with Gasteiger partial charge in [-0.15, -0.1) is 0 Å². The van der Waals surface area contributed by atoms with Crippen molar-refractivity contribution in [3.63, 3.8) is 0 Å². The summed E-state index contributed by atoms with van der Waals surface area (Å²) in [4.78, 5) is 23.4. The normalized spacial score (nSPS) is 18.2.